The highest BCUT2D eigenvalue weighted by molar-refractivity contribution is 7.15. The third-order valence-electron chi connectivity index (χ3n) is 1.98. The first-order chi connectivity index (χ1) is 7.02. The Kier molecular flexibility index (Phi) is 2.85. The van der Waals surface area contributed by atoms with Crippen molar-refractivity contribution in [3.05, 3.63) is 19.9 Å². The zero-order valence-electron chi connectivity index (χ0n) is 7.59. The van der Waals surface area contributed by atoms with Gasteiger partial charge in [0.25, 0.3) is 0 Å². The van der Waals surface area contributed by atoms with Crippen molar-refractivity contribution >= 4 is 51.8 Å². The fourth-order valence-electron chi connectivity index (χ4n) is 1.33. The Bertz CT molecular complexity index is 498. The smallest absolute Gasteiger partial charge is 0.174 e. The molecule has 80 valence electrons. The number of anilines is 1. The van der Waals surface area contributed by atoms with E-state index in [9.17, 15) is 0 Å². The monoisotopic (exact) mass is 281 g/mol. The van der Waals surface area contributed by atoms with Crippen LogP contribution in [-0.2, 0) is 7.05 Å². The molecule has 0 aromatic carbocycles. The lowest BCUT2D eigenvalue weighted by Crippen LogP contribution is -1.95. The number of nitrogens with two attached hydrogens (primary N) is 1. The zero-order valence-corrected chi connectivity index (χ0v) is 10.7. The first kappa shape index (κ1) is 11.1. The summed E-state index contributed by atoms with van der Waals surface area (Å²) in [7, 11) is 1.74. The van der Waals surface area contributed by atoms with Crippen LogP contribution in [0.2, 0.25) is 14.5 Å². The first-order valence-electron chi connectivity index (χ1n) is 3.93. The van der Waals surface area contributed by atoms with Gasteiger partial charge in [0.15, 0.2) is 5.15 Å². The quantitative estimate of drug-likeness (QED) is 0.867. The van der Waals surface area contributed by atoms with Crippen LogP contribution in [0, 0.1) is 0 Å². The van der Waals surface area contributed by atoms with Gasteiger partial charge in [-0.15, -0.1) is 11.3 Å². The second-order valence-corrected chi connectivity index (χ2v) is 5.16. The number of rotatable bonds is 1. The lowest BCUT2D eigenvalue weighted by Gasteiger charge is -2.02. The van der Waals surface area contributed by atoms with Crippen molar-refractivity contribution in [3.8, 4) is 11.3 Å². The average molecular weight is 283 g/mol. The van der Waals surface area contributed by atoms with Gasteiger partial charge in [-0.1, -0.05) is 34.8 Å². The van der Waals surface area contributed by atoms with E-state index < -0.39 is 0 Å². The molecular formula is C8H6Cl3N3S. The van der Waals surface area contributed by atoms with Crippen molar-refractivity contribution in [3.63, 3.8) is 0 Å². The number of nitrogens with zero attached hydrogens (tertiary/aromatic N) is 2. The zero-order chi connectivity index (χ0) is 11.2. The Labute approximate surface area is 105 Å². The van der Waals surface area contributed by atoms with Gasteiger partial charge in [-0.2, -0.15) is 5.10 Å². The fourth-order valence-corrected chi connectivity index (χ4v) is 2.92. The van der Waals surface area contributed by atoms with Crippen LogP contribution in [0.1, 0.15) is 0 Å². The van der Waals surface area contributed by atoms with Crippen LogP contribution in [0.3, 0.4) is 0 Å². The minimum atomic E-state index is 0.255. The van der Waals surface area contributed by atoms with E-state index in [1.807, 2.05) is 0 Å². The van der Waals surface area contributed by atoms with Crippen molar-refractivity contribution in [1.29, 1.82) is 0 Å². The second kappa shape index (κ2) is 3.87. The number of hydrogen-bond donors (Lipinski definition) is 1. The van der Waals surface area contributed by atoms with Gasteiger partial charge in [-0.3, -0.25) is 4.68 Å². The van der Waals surface area contributed by atoms with Crippen molar-refractivity contribution in [2.24, 2.45) is 7.05 Å². The lowest BCUT2D eigenvalue weighted by atomic mass is 10.2. The number of halogens is 3. The molecule has 15 heavy (non-hydrogen) atoms. The van der Waals surface area contributed by atoms with Crippen molar-refractivity contribution in [1.82, 2.24) is 9.78 Å². The van der Waals surface area contributed by atoms with E-state index in [2.05, 4.69) is 5.10 Å². The second-order valence-electron chi connectivity index (χ2n) is 2.91. The van der Waals surface area contributed by atoms with Crippen LogP contribution in [0.5, 0.6) is 0 Å². The molecule has 0 saturated heterocycles. The molecule has 0 spiro atoms. The molecule has 2 heterocycles. The topological polar surface area (TPSA) is 43.8 Å². The molecule has 0 aliphatic rings. The van der Waals surface area contributed by atoms with Gasteiger partial charge in [-0.25, -0.2) is 0 Å². The molecule has 2 rings (SSSR count). The number of aryl methyl sites for hydroxylation is 1. The molecule has 2 aromatic rings. The highest BCUT2D eigenvalue weighted by Crippen LogP contribution is 2.43. The van der Waals surface area contributed by atoms with Crippen LogP contribution in [0.4, 0.5) is 5.69 Å². The first-order valence-corrected chi connectivity index (χ1v) is 5.94. The number of aromatic nitrogens is 2. The van der Waals surface area contributed by atoms with Crippen molar-refractivity contribution < 1.29 is 0 Å². The molecule has 0 radical (unpaired) electrons. The van der Waals surface area contributed by atoms with Crippen LogP contribution >= 0.6 is 46.1 Å². The third kappa shape index (κ3) is 1.72. The summed E-state index contributed by atoms with van der Waals surface area (Å²) in [6.07, 6.45) is 0. The van der Waals surface area contributed by atoms with E-state index in [1.54, 1.807) is 17.1 Å². The summed E-state index contributed by atoms with van der Waals surface area (Å²) in [5.74, 6) is 0. The molecule has 2 N–H and O–H groups in total. The maximum atomic E-state index is 6.03. The third-order valence-corrected chi connectivity index (χ3v) is 3.90. The molecule has 0 bridgehead atoms. The predicted octanol–water partition coefficient (Wildman–Crippen LogP) is 3.69. The predicted molar refractivity (Wildman–Crippen MR) is 66.0 cm³/mol. The Morgan fingerprint density at radius 1 is 1.40 bits per heavy atom. The summed E-state index contributed by atoms with van der Waals surface area (Å²) in [4.78, 5) is 0. The van der Waals surface area contributed by atoms with Gasteiger partial charge in [0.2, 0.25) is 0 Å². The molecule has 7 heteroatoms. The van der Waals surface area contributed by atoms with Crippen LogP contribution in [-0.4, -0.2) is 9.78 Å². The molecule has 0 fully saturated rings. The molecule has 0 amide bonds. The summed E-state index contributed by atoms with van der Waals surface area (Å²) >= 11 is 19.2. The van der Waals surface area contributed by atoms with Crippen LogP contribution in [0.25, 0.3) is 11.3 Å². The number of thiophene rings is 1. The van der Waals surface area contributed by atoms with E-state index in [-0.39, 0.29) is 5.15 Å². The van der Waals surface area contributed by atoms with E-state index in [1.165, 1.54) is 11.3 Å². The largest absolute Gasteiger partial charge is 0.394 e. The molecule has 2 aromatic heterocycles. The van der Waals surface area contributed by atoms with E-state index >= 15 is 0 Å². The minimum Gasteiger partial charge on any atom is -0.394 e. The van der Waals surface area contributed by atoms with Gasteiger partial charge >= 0.3 is 0 Å². The summed E-state index contributed by atoms with van der Waals surface area (Å²) < 4.78 is 2.14. The van der Waals surface area contributed by atoms with Gasteiger partial charge in [0.1, 0.15) is 4.34 Å². The summed E-state index contributed by atoms with van der Waals surface area (Å²) in [5.41, 5.74) is 7.53. The Balaban J connectivity index is 2.74. The maximum absolute atomic E-state index is 6.03. The van der Waals surface area contributed by atoms with E-state index in [0.29, 0.717) is 26.3 Å². The lowest BCUT2D eigenvalue weighted by molar-refractivity contribution is 0.776. The molecule has 0 unspecified atom stereocenters. The summed E-state index contributed by atoms with van der Waals surface area (Å²) in [6, 6.07) is 0. The van der Waals surface area contributed by atoms with Crippen LogP contribution in [0.15, 0.2) is 5.38 Å². The van der Waals surface area contributed by atoms with Gasteiger partial charge in [0, 0.05) is 12.4 Å². The van der Waals surface area contributed by atoms with Gasteiger partial charge < -0.3 is 5.73 Å². The normalized spacial score (nSPS) is 10.9. The maximum Gasteiger partial charge on any atom is 0.174 e. The molecule has 0 aliphatic heterocycles. The van der Waals surface area contributed by atoms with Crippen molar-refractivity contribution in [2.45, 2.75) is 0 Å². The molecule has 0 saturated carbocycles. The van der Waals surface area contributed by atoms with E-state index in [0.717, 1.165) is 0 Å². The Morgan fingerprint density at radius 3 is 2.47 bits per heavy atom. The van der Waals surface area contributed by atoms with Crippen LogP contribution < -0.4 is 5.73 Å². The van der Waals surface area contributed by atoms with E-state index in [4.69, 9.17) is 40.5 Å². The molecule has 0 atom stereocenters. The Hall–Kier alpha value is -0.420. The van der Waals surface area contributed by atoms with Gasteiger partial charge in [0.05, 0.1) is 22.0 Å². The van der Waals surface area contributed by atoms with Crippen molar-refractivity contribution in [2.75, 3.05) is 5.73 Å². The number of hydrogen-bond acceptors (Lipinski definition) is 3. The Morgan fingerprint density at radius 2 is 2.07 bits per heavy atom. The highest BCUT2D eigenvalue weighted by Gasteiger charge is 2.20. The fraction of sp³-hybridized carbons (Fsp3) is 0.125. The minimum absolute atomic E-state index is 0.255. The average Bonchev–Trinajstić information content (AvgIpc) is 2.59. The molecular weight excluding hydrogens is 277 g/mol. The standard InChI is InChI=1S/C8H6Cl3N3S/c1-14-6(5(12)7(10)13-14)4-3(9)2-15-8(4)11/h2H,12H2,1H3. The molecule has 0 aliphatic carbocycles. The molecule has 3 nitrogen and oxygen atoms in total. The highest BCUT2D eigenvalue weighted by atomic mass is 35.5. The van der Waals surface area contributed by atoms with Gasteiger partial charge in [-0.05, 0) is 0 Å². The SMILES string of the molecule is Cn1nc(Cl)c(N)c1-c1c(Cl)csc1Cl. The number of nitrogen functional groups attached to an aromatic ring is 1. The summed E-state index contributed by atoms with van der Waals surface area (Å²) in [6.45, 7) is 0. The summed E-state index contributed by atoms with van der Waals surface area (Å²) in [5, 5.41) is 6.55.